The van der Waals surface area contributed by atoms with Gasteiger partial charge in [-0.05, 0) is 31.7 Å². The number of nitrogens with zero attached hydrogens (tertiary/aromatic N) is 2. The summed E-state index contributed by atoms with van der Waals surface area (Å²) in [5.74, 6) is 1.70. The SMILES string of the molecule is CCOc1ccc(CN(C)Cc2ncc[nH]2)cc1Cl. The molecule has 2 aromatic rings. The zero-order chi connectivity index (χ0) is 13.7. The normalized spacial score (nSPS) is 10.9. The number of imidazole rings is 1. The Bertz CT molecular complexity index is 513. The molecule has 4 nitrogen and oxygen atoms in total. The second kappa shape index (κ2) is 6.59. The van der Waals surface area contributed by atoms with Gasteiger partial charge in [0, 0.05) is 18.9 Å². The van der Waals surface area contributed by atoms with Crippen LogP contribution in [-0.4, -0.2) is 28.5 Å². The van der Waals surface area contributed by atoms with Gasteiger partial charge in [0.15, 0.2) is 0 Å². The van der Waals surface area contributed by atoms with Crippen LogP contribution in [-0.2, 0) is 13.1 Å². The van der Waals surface area contributed by atoms with E-state index in [2.05, 4.69) is 14.9 Å². The van der Waals surface area contributed by atoms with Crippen LogP contribution in [0.1, 0.15) is 18.3 Å². The number of halogens is 1. The Hall–Kier alpha value is -1.52. The summed E-state index contributed by atoms with van der Waals surface area (Å²) in [5.41, 5.74) is 1.16. The summed E-state index contributed by atoms with van der Waals surface area (Å²) in [6.45, 7) is 4.16. The maximum absolute atomic E-state index is 6.17. The van der Waals surface area contributed by atoms with Crippen LogP contribution >= 0.6 is 11.6 Å². The van der Waals surface area contributed by atoms with E-state index in [-0.39, 0.29) is 0 Å². The molecule has 2 rings (SSSR count). The quantitative estimate of drug-likeness (QED) is 0.883. The highest BCUT2D eigenvalue weighted by molar-refractivity contribution is 6.32. The summed E-state index contributed by atoms with van der Waals surface area (Å²) in [6, 6.07) is 5.91. The van der Waals surface area contributed by atoms with Crippen LogP contribution in [0.3, 0.4) is 0 Å². The van der Waals surface area contributed by atoms with Crippen molar-refractivity contribution in [3.63, 3.8) is 0 Å². The molecular formula is C14H18ClN3O. The molecule has 1 heterocycles. The van der Waals surface area contributed by atoms with Crippen molar-refractivity contribution in [2.75, 3.05) is 13.7 Å². The fourth-order valence-corrected chi connectivity index (χ4v) is 2.18. The molecule has 5 heteroatoms. The molecule has 0 spiro atoms. The number of nitrogens with one attached hydrogen (secondary N) is 1. The van der Waals surface area contributed by atoms with E-state index in [1.54, 1.807) is 6.20 Å². The van der Waals surface area contributed by atoms with Crippen molar-refractivity contribution < 1.29 is 4.74 Å². The summed E-state index contributed by atoms with van der Waals surface area (Å²) in [7, 11) is 2.05. The first-order valence-corrected chi connectivity index (χ1v) is 6.65. The van der Waals surface area contributed by atoms with Crippen molar-refractivity contribution in [3.05, 3.63) is 47.0 Å². The number of ether oxygens (including phenoxy) is 1. The van der Waals surface area contributed by atoms with Gasteiger partial charge in [-0.1, -0.05) is 17.7 Å². The van der Waals surface area contributed by atoms with Crippen molar-refractivity contribution in [3.8, 4) is 5.75 Å². The van der Waals surface area contributed by atoms with Crippen molar-refractivity contribution in [1.82, 2.24) is 14.9 Å². The minimum absolute atomic E-state index is 0.622. The molecule has 0 saturated carbocycles. The standard InChI is InChI=1S/C14H18ClN3O/c1-3-19-13-5-4-11(8-12(13)15)9-18(2)10-14-16-6-7-17-14/h4-8H,3,9-10H2,1-2H3,(H,16,17). The number of benzene rings is 1. The van der Waals surface area contributed by atoms with E-state index < -0.39 is 0 Å². The minimum Gasteiger partial charge on any atom is -0.492 e. The summed E-state index contributed by atoms with van der Waals surface area (Å²) in [6.07, 6.45) is 3.59. The van der Waals surface area contributed by atoms with Gasteiger partial charge in [0.2, 0.25) is 0 Å². The maximum atomic E-state index is 6.17. The van der Waals surface area contributed by atoms with E-state index in [1.807, 2.05) is 38.4 Å². The molecule has 0 aliphatic heterocycles. The van der Waals surface area contributed by atoms with Crippen LogP contribution in [0.25, 0.3) is 0 Å². The lowest BCUT2D eigenvalue weighted by Gasteiger charge is -2.16. The minimum atomic E-state index is 0.622. The third-order valence-corrected chi connectivity index (χ3v) is 3.02. The Labute approximate surface area is 118 Å². The summed E-state index contributed by atoms with van der Waals surface area (Å²) in [5, 5.41) is 0.658. The van der Waals surface area contributed by atoms with Crippen LogP contribution in [0.4, 0.5) is 0 Å². The zero-order valence-corrected chi connectivity index (χ0v) is 11.9. The van der Waals surface area contributed by atoms with E-state index in [0.717, 1.165) is 30.2 Å². The van der Waals surface area contributed by atoms with Crippen LogP contribution in [0, 0.1) is 0 Å². The van der Waals surface area contributed by atoms with Gasteiger partial charge >= 0.3 is 0 Å². The number of H-pyrrole nitrogens is 1. The largest absolute Gasteiger partial charge is 0.492 e. The third-order valence-electron chi connectivity index (χ3n) is 2.72. The lowest BCUT2D eigenvalue weighted by atomic mass is 10.2. The van der Waals surface area contributed by atoms with Crippen LogP contribution in [0.15, 0.2) is 30.6 Å². The first-order chi connectivity index (χ1) is 9.19. The molecule has 1 aromatic heterocycles. The van der Waals surface area contributed by atoms with Gasteiger partial charge in [0.05, 0.1) is 18.2 Å². The zero-order valence-electron chi connectivity index (χ0n) is 11.2. The first kappa shape index (κ1) is 13.9. The lowest BCUT2D eigenvalue weighted by Crippen LogP contribution is -2.18. The summed E-state index contributed by atoms with van der Waals surface area (Å²) < 4.78 is 5.42. The van der Waals surface area contributed by atoms with E-state index >= 15 is 0 Å². The predicted octanol–water partition coefficient (Wildman–Crippen LogP) is 3.09. The monoisotopic (exact) mass is 279 g/mol. The predicted molar refractivity (Wildman–Crippen MR) is 76.4 cm³/mol. The van der Waals surface area contributed by atoms with E-state index in [0.29, 0.717) is 11.6 Å². The van der Waals surface area contributed by atoms with Crippen LogP contribution < -0.4 is 4.74 Å². The molecular weight excluding hydrogens is 262 g/mol. The molecule has 1 N–H and O–H groups in total. The van der Waals surface area contributed by atoms with Crippen molar-refractivity contribution >= 4 is 11.6 Å². The molecule has 0 unspecified atom stereocenters. The van der Waals surface area contributed by atoms with Gasteiger partial charge in [-0.15, -0.1) is 0 Å². The lowest BCUT2D eigenvalue weighted by molar-refractivity contribution is 0.311. The summed E-state index contributed by atoms with van der Waals surface area (Å²) >= 11 is 6.17. The van der Waals surface area contributed by atoms with Gasteiger partial charge in [0.25, 0.3) is 0 Å². The molecule has 0 bridgehead atoms. The number of aromatic amines is 1. The molecule has 0 radical (unpaired) electrons. The summed E-state index contributed by atoms with van der Waals surface area (Å²) in [4.78, 5) is 9.47. The molecule has 1 aromatic carbocycles. The molecule has 0 aliphatic rings. The number of aromatic nitrogens is 2. The molecule has 0 saturated heterocycles. The topological polar surface area (TPSA) is 41.1 Å². The van der Waals surface area contributed by atoms with E-state index in [4.69, 9.17) is 16.3 Å². The first-order valence-electron chi connectivity index (χ1n) is 6.27. The Morgan fingerprint density at radius 1 is 1.37 bits per heavy atom. The number of rotatable bonds is 6. The average molecular weight is 280 g/mol. The maximum Gasteiger partial charge on any atom is 0.137 e. The second-order valence-electron chi connectivity index (χ2n) is 4.41. The van der Waals surface area contributed by atoms with Crippen molar-refractivity contribution in [1.29, 1.82) is 0 Å². The Morgan fingerprint density at radius 2 is 2.21 bits per heavy atom. The molecule has 102 valence electrons. The average Bonchev–Trinajstić information content (AvgIpc) is 2.85. The highest BCUT2D eigenvalue weighted by Gasteiger charge is 2.06. The van der Waals surface area contributed by atoms with Gasteiger partial charge in [-0.25, -0.2) is 4.98 Å². The highest BCUT2D eigenvalue weighted by Crippen LogP contribution is 2.25. The van der Waals surface area contributed by atoms with E-state index in [1.165, 1.54) is 0 Å². The molecule has 19 heavy (non-hydrogen) atoms. The smallest absolute Gasteiger partial charge is 0.137 e. The fourth-order valence-electron chi connectivity index (χ4n) is 1.92. The number of hydrogen-bond donors (Lipinski definition) is 1. The Kier molecular flexibility index (Phi) is 4.82. The van der Waals surface area contributed by atoms with E-state index in [9.17, 15) is 0 Å². The molecule has 0 amide bonds. The molecule has 0 fully saturated rings. The van der Waals surface area contributed by atoms with Crippen LogP contribution in [0.2, 0.25) is 5.02 Å². The third kappa shape index (κ3) is 3.98. The fraction of sp³-hybridized carbons (Fsp3) is 0.357. The molecule has 0 aliphatic carbocycles. The second-order valence-corrected chi connectivity index (χ2v) is 4.81. The highest BCUT2D eigenvalue weighted by atomic mass is 35.5. The van der Waals surface area contributed by atoms with Gasteiger partial charge in [0.1, 0.15) is 11.6 Å². The Morgan fingerprint density at radius 3 is 2.84 bits per heavy atom. The van der Waals surface area contributed by atoms with Gasteiger partial charge in [-0.3, -0.25) is 4.90 Å². The Balaban J connectivity index is 1.97. The van der Waals surface area contributed by atoms with Gasteiger partial charge in [-0.2, -0.15) is 0 Å². The van der Waals surface area contributed by atoms with Crippen LogP contribution in [0.5, 0.6) is 5.75 Å². The molecule has 0 atom stereocenters. The van der Waals surface area contributed by atoms with Crippen molar-refractivity contribution in [2.24, 2.45) is 0 Å². The number of hydrogen-bond acceptors (Lipinski definition) is 3. The van der Waals surface area contributed by atoms with Crippen molar-refractivity contribution in [2.45, 2.75) is 20.0 Å². The van der Waals surface area contributed by atoms with Gasteiger partial charge < -0.3 is 9.72 Å².